The van der Waals surface area contributed by atoms with Crippen molar-refractivity contribution in [1.29, 1.82) is 0 Å². The Hall–Kier alpha value is -0.414. The van der Waals surface area contributed by atoms with Gasteiger partial charge in [0, 0.05) is 5.92 Å². The predicted octanol–water partition coefficient (Wildman–Crippen LogP) is -2.18. The summed E-state index contributed by atoms with van der Waals surface area (Å²) in [7, 11) is 0. The number of carbonyl (C=O) groups is 3. The average Bonchev–Trinajstić information content (AvgIpc) is 3.13. The number of carboxylic acid groups (broad SMARTS) is 2. The van der Waals surface area contributed by atoms with Crippen molar-refractivity contribution in [2.24, 2.45) is 50.2 Å². The molecule has 0 aromatic carbocycles. The molecule has 15 nitrogen and oxygen atoms in total. The van der Waals surface area contributed by atoms with Crippen LogP contribution in [0.3, 0.4) is 0 Å². The molecule has 7 rings (SSSR count). The van der Waals surface area contributed by atoms with E-state index in [2.05, 4.69) is 27.7 Å². The van der Waals surface area contributed by atoms with Gasteiger partial charge in [0.2, 0.25) is 0 Å². The maximum Gasteiger partial charge on any atom is 1.00 e. The third-order valence-corrected chi connectivity index (χ3v) is 17.2. The number of ether oxygens (including phenoxy) is 4. The minimum absolute atomic E-state index is 0. The Morgan fingerprint density at radius 2 is 1.47 bits per heavy atom. The van der Waals surface area contributed by atoms with Gasteiger partial charge in [0.15, 0.2) is 18.4 Å². The van der Waals surface area contributed by atoms with Crippen molar-refractivity contribution < 1.29 is 126 Å². The zero-order valence-electron chi connectivity index (χ0n) is 35.1. The Morgan fingerprint density at radius 3 is 2.09 bits per heavy atom. The standard InChI is InChI=1S/C42H64O15.K/c1-37(2)23-8-11-42(7)32(21(44)16-19-20-17-39(4,36(52)53)13-12-38(20,3)14-15-41(19,42)6)40(23,5)10-9-24(37)55-35-31(28(48)27(47)30(56-35)33(50)51)57-34-29(49)26(46)25(45)22(18-43)54-34;/h16,20,22-32,34-35,43,45-49H,8-15,17-18H2,1-7H3,(H,50,51)(H,52,53);/q;+1/p-1/t20?,22?,23?,24?,25?,26?,27?,28?,29?,30?,31?,32?,34?,35?,38-,39+,40+,41-,42-;/m1./s1. The van der Waals surface area contributed by atoms with Gasteiger partial charge in [-0.15, -0.1) is 0 Å². The van der Waals surface area contributed by atoms with Crippen LogP contribution < -0.4 is 56.5 Å². The van der Waals surface area contributed by atoms with Crippen molar-refractivity contribution >= 4 is 17.7 Å². The van der Waals surface area contributed by atoms with Crippen LogP contribution in [0.25, 0.3) is 0 Å². The molecule has 0 bridgehead atoms. The van der Waals surface area contributed by atoms with Crippen LogP contribution in [0.5, 0.6) is 0 Å². The van der Waals surface area contributed by atoms with Crippen LogP contribution in [0.2, 0.25) is 0 Å². The largest absolute Gasteiger partial charge is 1.00 e. The average molecular weight is 847 g/mol. The second kappa shape index (κ2) is 16.0. The molecule has 58 heavy (non-hydrogen) atoms. The summed E-state index contributed by atoms with van der Waals surface area (Å²) in [6.07, 6.45) is -10.2. The number of ketones is 1. The number of aliphatic hydroxyl groups is 6. The van der Waals surface area contributed by atoms with Crippen LogP contribution in [-0.2, 0) is 33.3 Å². The molecule has 0 amide bonds. The number of aliphatic carboxylic acids is 2. The topological polar surface area (TPSA) is 253 Å². The van der Waals surface area contributed by atoms with Gasteiger partial charge in [0.1, 0.15) is 48.8 Å². The molecule has 7 aliphatic rings. The normalized spacial score (nSPS) is 52.4. The number of allylic oxidation sites excluding steroid dienone is 2. The monoisotopic (exact) mass is 846 g/mol. The smallest absolute Gasteiger partial charge is 0.547 e. The molecule has 2 heterocycles. The van der Waals surface area contributed by atoms with Crippen LogP contribution in [0, 0.1) is 50.2 Å². The molecule has 0 aromatic rings. The van der Waals surface area contributed by atoms with Crippen molar-refractivity contribution in [3.63, 3.8) is 0 Å². The molecule has 7 N–H and O–H groups in total. The molecule has 0 aromatic heterocycles. The van der Waals surface area contributed by atoms with Crippen LogP contribution in [0.4, 0.5) is 0 Å². The predicted molar refractivity (Wildman–Crippen MR) is 196 cm³/mol. The Bertz CT molecular complexity index is 1650. The quantitative estimate of drug-likeness (QED) is 0.106. The van der Waals surface area contributed by atoms with Gasteiger partial charge in [-0.25, -0.2) is 0 Å². The van der Waals surface area contributed by atoms with E-state index in [1.54, 1.807) is 0 Å². The van der Waals surface area contributed by atoms with E-state index in [9.17, 15) is 55.2 Å². The van der Waals surface area contributed by atoms with Crippen molar-refractivity contribution in [2.75, 3.05) is 6.61 Å². The van der Waals surface area contributed by atoms with E-state index >= 15 is 0 Å². The third-order valence-electron chi connectivity index (χ3n) is 17.2. The van der Waals surface area contributed by atoms with Gasteiger partial charge in [0.05, 0.1) is 24.1 Å². The van der Waals surface area contributed by atoms with Gasteiger partial charge in [0.25, 0.3) is 0 Å². The summed E-state index contributed by atoms with van der Waals surface area (Å²) in [5.74, 6) is -2.91. The van der Waals surface area contributed by atoms with Gasteiger partial charge in [-0.3, -0.25) is 9.59 Å². The summed E-state index contributed by atoms with van der Waals surface area (Å²) in [5, 5.41) is 85.4. The number of hydrogen-bond donors (Lipinski definition) is 7. The van der Waals surface area contributed by atoms with Crippen LogP contribution in [0.15, 0.2) is 11.6 Å². The third kappa shape index (κ3) is 7.02. The molecular weight excluding hydrogens is 784 g/mol. The molecule has 5 aliphatic carbocycles. The Morgan fingerprint density at radius 1 is 0.810 bits per heavy atom. The van der Waals surface area contributed by atoms with Crippen molar-refractivity contribution in [2.45, 2.75) is 174 Å². The van der Waals surface area contributed by atoms with Gasteiger partial charge in [-0.05, 0) is 110 Å². The van der Waals surface area contributed by atoms with E-state index in [1.165, 1.54) is 0 Å². The summed E-state index contributed by atoms with van der Waals surface area (Å²) < 4.78 is 23.7. The first-order valence-electron chi connectivity index (χ1n) is 20.7. The number of carboxylic acids is 2. The molecule has 14 unspecified atom stereocenters. The second-order valence-electron chi connectivity index (χ2n) is 20.6. The summed E-state index contributed by atoms with van der Waals surface area (Å²) in [6.45, 7) is 14.2. The van der Waals surface area contributed by atoms with Crippen molar-refractivity contribution in [3.05, 3.63) is 11.6 Å². The van der Waals surface area contributed by atoms with E-state index < -0.39 is 108 Å². The molecule has 0 spiro atoms. The number of rotatable bonds is 7. The zero-order chi connectivity index (χ0) is 42.0. The van der Waals surface area contributed by atoms with E-state index in [4.69, 9.17) is 18.9 Å². The Balaban J connectivity index is 0.00000567. The SMILES string of the molecule is CC1(C)C(OC2OC(C(=O)[O-])C(O)C(O)C2OC2OC(CO)C(O)C(O)C2O)CC[C@@]2(C)C1CC[C@]1(C)C2C(=O)C=C2C3C[C@@](C)(C(=O)O)CC[C@]3(C)CC[C@]21C.[K+]. The molecule has 19 atom stereocenters. The summed E-state index contributed by atoms with van der Waals surface area (Å²) in [5.41, 5.74) is -1.68. The summed E-state index contributed by atoms with van der Waals surface area (Å²) in [4.78, 5) is 39.4. The second-order valence-corrected chi connectivity index (χ2v) is 20.6. The van der Waals surface area contributed by atoms with E-state index in [-0.39, 0.29) is 85.8 Å². The van der Waals surface area contributed by atoms with Gasteiger partial charge < -0.3 is 64.6 Å². The van der Waals surface area contributed by atoms with Crippen LogP contribution >= 0.6 is 0 Å². The molecule has 2 saturated heterocycles. The molecule has 2 aliphatic heterocycles. The fourth-order valence-electron chi connectivity index (χ4n) is 13.4. The maximum absolute atomic E-state index is 14.8. The first-order valence-corrected chi connectivity index (χ1v) is 20.7. The number of aliphatic hydroxyl groups excluding tert-OH is 6. The molecule has 4 saturated carbocycles. The Labute approximate surface area is 382 Å². The molecule has 322 valence electrons. The number of carbonyl (C=O) groups excluding carboxylic acids is 2. The molecule has 16 heteroatoms. The number of fused-ring (bicyclic) bond motifs is 7. The minimum atomic E-state index is -2.04. The van der Waals surface area contributed by atoms with Crippen molar-refractivity contribution in [3.8, 4) is 0 Å². The fourth-order valence-corrected chi connectivity index (χ4v) is 13.4. The van der Waals surface area contributed by atoms with Crippen molar-refractivity contribution in [1.82, 2.24) is 0 Å². The summed E-state index contributed by atoms with van der Waals surface area (Å²) >= 11 is 0. The minimum Gasteiger partial charge on any atom is -0.547 e. The molecular formula is C42H63KO15. The van der Waals surface area contributed by atoms with Gasteiger partial charge in [-0.2, -0.15) is 0 Å². The fraction of sp³-hybridized carbons (Fsp3) is 0.881. The van der Waals surface area contributed by atoms with E-state index in [1.807, 2.05) is 26.8 Å². The van der Waals surface area contributed by atoms with Gasteiger partial charge >= 0.3 is 57.4 Å². The maximum atomic E-state index is 14.8. The molecule has 0 radical (unpaired) electrons. The van der Waals surface area contributed by atoms with Crippen LogP contribution in [-0.4, -0.2) is 128 Å². The molecule has 6 fully saturated rings. The zero-order valence-corrected chi connectivity index (χ0v) is 38.3. The first-order chi connectivity index (χ1) is 26.4. The summed E-state index contributed by atoms with van der Waals surface area (Å²) in [6, 6.07) is 0. The number of hydrogen-bond acceptors (Lipinski definition) is 14. The first kappa shape index (κ1) is 47.1. The van der Waals surface area contributed by atoms with E-state index in [0.717, 1.165) is 37.7 Å². The van der Waals surface area contributed by atoms with Crippen LogP contribution in [0.1, 0.15) is 106 Å². The van der Waals surface area contributed by atoms with E-state index in [0.29, 0.717) is 25.7 Å². The Kier molecular flexibility index (Phi) is 13.0. The van der Waals surface area contributed by atoms with Gasteiger partial charge in [-0.1, -0.05) is 47.1 Å².